The molecule has 6 heteroatoms. The molecule has 1 aliphatic carbocycles. The van der Waals surface area contributed by atoms with E-state index < -0.39 is 23.6 Å². The Morgan fingerprint density at radius 2 is 2.09 bits per heavy atom. The summed E-state index contributed by atoms with van der Waals surface area (Å²) in [6, 6.07) is 2.12. The Balaban J connectivity index is 1.81. The zero-order valence-corrected chi connectivity index (χ0v) is 12.9. The number of ether oxygens (including phenoxy) is 2. The summed E-state index contributed by atoms with van der Waals surface area (Å²) >= 11 is 0. The lowest BCUT2D eigenvalue weighted by molar-refractivity contribution is -0.559. The molecule has 0 radical (unpaired) electrons. The molecule has 0 amide bonds. The van der Waals surface area contributed by atoms with Gasteiger partial charge in [-0.05, 0) is 32.1 Å². The van der Waals surface area contributed by atoms with Crippen molar-refractivity contribution in [2.24, 2.45) is 23.7 Å². The third-order valence-corrected chi connectivity index (χ3v) is 6.10. The first kappa shape index (κ1) is 14.4. The molecule has 4 heterocycles. The number of hydrogen-bond acceptors (Lipinski definition) is 6. The van der Waals surface area contributed by atoms with Gasteiger partial charge in [0.05, 0.1) is 12.0 Å². The molecule has 0 N–H and O–H groups in total. The number of carbonyl (C=O) groups is 1. The molecule has 1 saturated carbocycles. The molecule has 6 nitrogen and oxygen atoms in total. The van der Waals surface area contributed by atoms with Crippen molar-refractivity contribution < 1.29 is 24.0 Å². The van der Waals surface area contributed by atoms with E-state index in [4.69, 9.17) is 24.5 Å². The molecule has 5 fully saturated rings. The average Bonchev–Trinajstić information content (AvgIpc) is 2.70. The average molecular weight is 307 g/mol. The van der Waals surface area contributed by atoms with Crippen LogP contribution >= 0.6 is 0 Å². The highest BCUT2D eigenvalue weighted by atomic mass is 17.3. The van der Waals surface area contributed by atoms with Gasteiger partial charge in [-0.25, -0.2) is 9.78 Å². The Bertz CT molecular complexity index is 545. The smallest absolute Gasteiger partial charge is 0.312 e. The first-order valence-corrected chi connectivity index (χ1v) is 8.12. The molecule has 2 bridgehead atoms. The van der Waals surface area contributed by atoms with Crippen LogP contribution in [0.1, 0.15) is 46.0 Å². The fourth-order valence-electron chi connectivity index (χ4n) is 4.94. The van der Waals surface area contributed by atoms with E-state index in [2.05, 4.69) is 13.0 Å². The summed E-state index contributed by atoms with van der Waals surface area (Å²) in [5.41, 5.74) is -0.761. The zero-order valence-electron chi connectivity index (χ0n) is 12.9. The minimum absolute atomic E-state index is 0.0813. The maximum atomic E-state index is 12.4. The highest BCUT2D eigenvalue weighted by Gasteiger charge is 2.70. The summed E-state index contributed by atoms with van der Waals surface area (Å²) in [6.07, 6.45) is 2.92. The van der Waals surface area contributed by atoms with Gasteiger partial charge in [0.25, 0.3) is 0 Å². The molecular formula is C16H21NO5. The van der Waals surface area contributed by atoms with Gasteiger partial charge in [0.2, 0.25) is 12.1 Å². The van der Waals surface area contributed by atoms with Crippen molar-refractivity contribution in [1.82, 2.24) is 0 Å². The second kappa shape index (κ2) is 4.67. The van der Waals surface area contributed by atoms with Crippen LogP contribution in [0.5, 0.6) is 0 Å². The Morgan fingerprint density at radius 3 is 2.86 bits per heavy atom. The maximum absolute atomic E-state index is 12.4. The predicted octanol–water partition coefficient (Wildman–Crippen LogP) is 2.29. The highest BCUT2D eigenvalue weighted by molar-refractivity contribution is 5.74. The fraction of sp³-hybridized carbons (Fsp3) is 0.875. The summed E-state index contributed by atoms with van der Waals surface area (Å²) in [5.74, 6) is -1.07. The molecule has 4 saturated heterocycles. The van der Waals surface area contributed by atoms with Gasteiger partial charge < -0.3 is 9.47 Å². The number of nitriles is 1. The van der Waals surface area contributed by atoms with Crippen molar-refractivity contribution in [3.05, 3.63) is 0 Å². The van der Waals surface area contributed by atoms with Crippen molar-refractivity contribution in [3.8, 4) is 6.07 Å². The quantitative estimate of drug-likeness (QED) is 0.546. The highest BCUT2D eigenvalue weighted by Crippen LogP contribution is 2.60. The van der Waals surface area contributed by atoms with Gasteiger partial charge in [-0.1, -0.05) is 6.92 Å². The summed E-state index contributed by atoms with van der Waals surface area (Å²) < 4.78 is 11.6. The zero-order chi connectivity index (χ0) is 15.5. The minimum Gasteiger partial charge on any atom is -0.432 e. The van der Waals surface area contributed by atoms with Gasteiger partial charge in [0, 0.05) is 24.7 Å². The lowest BCUT2D eigenvalue weighted by atomic mass is 9.57. The Hall–Kier alpha value is -1.16. The molecule has 22 heavy (non-hydrogen) atoms. The number of hydrogen-bond donors (Lipinski definition) is 0. The molecular weight excluding hydrogens is 286 g/mol. The van der Waals surface area contributed by atoms with Gasteiger partial charge in [-0.2, -0.15) is 5.26 Å². The molecule has 0 unspecified atom stereocenters. The lowest BCUT2D eigenvalue weighted by Crippen LogP contribution is -2.69. The summed E-state index contributed by atoms with van der Waals surface area (Å²) in [4.78, 5) is 23.9. The van der Waals surface area contributed by atoms with E-state index in [0.717, 1.165) is 19.3 Å². The molecule has 120 valence electrons. The van der Waals surface area contributed by atoms with Crippen molar-refractivity contribution in [1.29, 1.82) is 5.26 Å². The normalized spacial score (nSPS) is 53.1. The molecule has 0 aromatic heterocycles. The van der Waals surface area contributed by atoms with E-state index in [9.17, 15) is 4.79 Å². The van der Waals surface area contributed by atoms with E-state index in [1.807, 2.05) is 6.92 Å². The fourth-order valence-corrected chi connectivity index (χ4v) is 4.94. The van der Waals surface area contributed by atoms with Crippen LogP contribution in [-0.2, 0) is 24.0 Å². The van der Waals surface area contributed by atoms with E-state index in [1.54, 1.807) is 0 Å². The maximum Gasteiger partial charge on any atom is 0.312 e. The standard InChI is InChI=1S/C16H21NO5/c1-9-3-4-12-10(6-8-17)13(18)19-14-16(12)11(9)5-7-15(2,20-14)21-22-16/h9-12,14H,3-7H2,1-2H3/t9-,10+,11+,12+,14-,15-,16-/m1/s1. The Kier molecular flexibility index (Phi) is 3.06. The number of nitrogens with zero attached hydrogens (tertiary/aromatic N) is 1. The number of esters is 1. The Morgan fingerprint density at radius 1 is 1.27 bits per heavy atom. The van der Waals surface area contributed by atoms with Crippen LogP contribution in [0.3, 0.4) is 0 Å². The summed E-state index contributed by atoms with van der Waals surface area (Å²) in [6.45, 7) is 4.04. The molecule has 4 aliphatic heterocycles. The van der Waals surface area contributed by atoms with Crippen LogP contribution in [0.2, 0.25) is 0 Å². The molecule has 0 aromatic rings. The second-order valence-corrected chi connectivity index (χ2v) is 7.32. The third-order valence-electron chi connectivity index (χ3n) is 6.10. The summed E-state index contributed by atoms with van der Waals surface area (Å²) in [7, 11) is 0. The molecule has 0 aromatic carbocycles. The monoisotopic (exact) mass is 307 g/mol. The number of carbonyl (C=O) groups excluding carboxylic acids is 1. The number of fused-ring (bicyclic) bond motifs is 2. The van der Waals surface area contributed by atoms with E-state index >= 15 is 0 Å². The Labute approximate surface area is 129 Å². The van der Waals surface area contributed by atoms with Crippen LogP contribution < -0.4 is 0 Å². The van der Waals surface area contributed by atoms with E-state index in [0.29, 0.717) is 12.3 Å². The molecule has 1 spiro atoms. The van der Waals surface area contributed by atoms with Crippen LogP contribution in [0.15, 0.2) is 0 Å². The second-order valence-electron chi connectivity index (χ2n) is 7.32. The summed E-state index contributed by atoms with van der Waals surface area (Å²) in [5, 5.41) is 9.08. The van der Waals surface area contributed by atoms with Crippen LogP contribution in [0, 0.1) is 35.0 Å². The van der Waals surface area contributed by atoms with Gasteiger partial charge in [0.15, 0.2) is 5.60 Å². The largest absolute Gasteiger partial charge is 0.432 e. The molecule has 5 aliphatic rings. The lowest BCUT2D eigenvalue weighted by Gasteiger charge is -2.58. The van der Waals surface area contributed by atoms with Crippen molar-refractivity contribution >= 4 is 5.97 Å². The van der Waals surface area contributed by atoms with Gasteiger partial charge >= 0.3 is 5.97 Å². The topological polar surface area (TPSA) is 77.8 Å². The molecule has 7 atom stereocenters. The first-order valence-electron chi connectivity index (χ1n) is 8.12. The van der Waals surface area contributed by atoms with Crippen molar-refractivity contribution in [2.75, 3.05) is 0 Å². The van der Waals surface area contributed by atoms with E-state index in [1.165, 1.54) is 0 Å². The number of rotatable bonds is 1. The van der Waals surface area contributed by atoms with Crippen LogP contribution in [0.4, 0.5) is 0 Å². The minimum atomic E-state index is -0.861. The van der Waals surface area contributed by atoms with Crippen LogP contribution in [-0.4, -0.2) is 23.6 Å². The third kappa shape index (κ3) is 1.73. The first-order chi connectivity index (χ1) is 10.5. The van der Waals surface area contributed by atoms with E-state index in [-0.39, 0.29) is 24.2 Å². The SMILES string of the molecule is C[C@@H]1CC[C@H]2[C@H](CC#N)C(=O)O[C@@H]3O[C@@]4(C)CC[C@@H]1[C@]32OO4. The van der Waals surface area contributed by atoms with Crippen molar-refractivity contribution in [2.45, 2.75) is 63.6 Å². The van der Waals surface area contributed by atoms with Crippen LogP contribution in [0.25, 0.3) is 0 Å². The van der Waals surface area contributed by atoms with Crippen molar-refractivity contribution in [3.63, 3.8) is 0 Å². The van der Waals surface area contributed by atoms with Gasteiger partial charge in [-0.3, -0.25) is 4.79 Å². The van der Waals surface area contributed by atoms with Gasteiger partial charge in [0.1, 0.15) is 0 Å². The predicted molar refractivity (Wildman–Crippen MR) is 72.6 cm³/mol. The molecule has 5 rings (SSSR count). The van der Waals surface area contributed by atoms with Gasteiger partial charge in [-0.15, -0.1) is 0 Å².